The standard InChI is InChI=1S/C14H18BrN3/c1-12-3-4-13(14(15)9-12)10-16-5-2-7-18-8-6-17-11-18/h3-4,6,8-9,11,16H,2,5,7,10H2,1H3. The van der Waals surface area contributed by atoms with Gasteiger partial charge in [-0.15, -0.1) is 0 Å². The number of nitrogens with zero attached hydrogens (tertiary/aromatic N) is 2. The summed E-state index contributed by atoms with van der Waals surface area (Å²) in [4.78, 5) is 4.02. The van der Waals surface area contributed by atoms with Crippen LogP contribution in [0.1, 0.15) is 17.5 Å². The minimum Gasteiger partial charge on any atom is -0.337 e. The topological polar surface area (TPSA) is 29.9 Å². The van der Waals surface area contributed by atoms with Crippen LogP contribution in [0.15, 0.2) is 41.4 Å². The zero-order chi connectivity index (χ0) is 12.8. The summed E-state index contributed by atoms with van der Waals surface area (Å²) in [5.74, 6) is 0. The number of nitrogens with one attached hydrogen (secondary N) is 1. The first-order valence-electron chi connectivity index (χ1n) is 6.17. The van der Waals surface area contributed by atoms with Gasteiger partial charge in [0.25, 0.3) is 0 Å². The average Bonchev–Trinajstić information content (AvgIpc) is 2.84. The Bertz CT molecular complexity index is 480. The van der Waals surface area contributed by atoms with Gasteiger partial charge >= 0.3 is 0 Å². The van der Waals surface area contributed by atoms with Crippen molar-refractivity contribution >= 4 is 15.9 Å². The van der Waals surface area contributed by atoms with Crippen LogP contribution in [-0.2, 0) is 13.1 Å². The van der Waals surface area contributed by atoms with E-state index in [1.165, 1.54) is 15.6 Å². The number of halogens is 1. The fourth-order valence-electron chi connectivity index (χ4n) is 1.82. The average molecular weight is 308 g/mol. The Morgan fingerprint density at radius 1 is 1.39 bits per heavy atom. The first-order valence-corrected chi connectivity index (χ1v) is 6.96. The normalized spacial score (nSPS) is 10.8. The molecule has 0 fully saturated rings. The first kappa shape index (κ1) is 13.3. The molecule has 0 saturated carbocycles. The number of rotatable bonds is 6. The summed E-state index contributed by atoms with van der Waals surface area (Å²) in [6.45, 7) is 5.04. The zero-order valence-corrected chi connectivity index (χ0v) is 12.2. The van der Waals surface area contributed by atoms with E-state index in [0.717, 1.165) is 26.1 Å². The van der Waals surface area contributed by atoms with Crippen molar-refractivity contribution in [3.63, 3.8) is 0 Å². The minimum atomic E-state index is 0.908. The maximum absolute atomic E-state index is 4.02. The van der Waals surface area contributed by atoms with Crippen molar-refractivity contribution in [2.24, 2.45) is 0 Å². The van der Waals surface area contributed by atoms with E-state index in [0.29, 0.717) is 0 Å². The lowest BCUT2D eigenvalue weighted by Gasteiger charge is -2.08. The monoisotopic (exact) mass is 307 g/mol. The van der Waals surface area contributed by atoms with Gasteiger partial charge in [0.15, 0.2) is 0 Å². The van der Waals surface area contributed by atoms with Gasteiger partial charge in [-0.2, -0.15) is 0 Å². The van der Waals surface area contributed by atoms with Crippen LogP contribution in [0, 0.1) is 6.92 Å². The maximum Gasteiger partial charge on any atom is 0.0945 e. The molecule has 0 aliphatic heterocycles. The van der Waals surface area contributed by atoms with Gasteiger partial charge < -0.3 is 9.88 Å². The maximum atomic E-state index is 4.02. The van der Waals surface area contributed by atoms with E-state index in [1.807, 2.05) is 18.7 Å². The summed E-state index contributed by atoms with van der Waals surface area (Å²) in [7, 11) is 0. The highest BCUT2D eigenvalue weighted by Crippen LogP contribution is 2.17. The Labute approximate surface area is 116 Å². The summed E-state index contributed by atoms with van der Waals surface area (Å²) in [5.41, 5.74) is 2.59. The molecule has 0 bridgehead atoms. The lowest BCUT2D eigenvalue weighted by atomic mass is 10.1. The Balaban J connectivity index is 1.69. The van der Waals surface area contributed by atoms with Crippen molar-refractivity contribution in [3.05, 3.63) is 52.5 Å². The smallest absolute Gasteiger partial charge is 0.0945 e. The van der Waals surface area contributed by atoms with E-state index in [4.69, 9.17) is 0 Å². The molecule has 0 unspecified atom stereocenters. The fourth-order valence-corrected chi connectivity index (χ4v) is 2.46. The Kier molecular flexibility index (Phi) is 4.96. The number of aryl methyl sites for hydroxylation is 2. The summed E-state index contributed by atoms with van der Waals surface area (Å²) in [6, 6.07) is 6.47. The highest BCUT2D eigenvalue weighted by molar-refractivity contribution is 9.10. The van der Waals surface area contributed by atoms with Gasteiger partial charge in [0.1, 0.15) is 0 Å². The third-order valence-corrected chi connectivity index (χ3v) is 3.59. The fraction of sp³-hybridized carbons (Fsp3) is 0.357. The predicted octanol–water partition coefficient (Wildman–Crippen LogP) is 3.13. The number of benzene rings is 1. The predicted molar refractivity (Wildman–Crippen MR) is 77.4 cm³/mol. The van der Waals surface area contributed by atoms with Gasteiger partial charge in [0.2, 0.25) is 0 Å². The number of imidazole rings is 1. The molecule has 0 amide bonds. The largest absolute Gasteiger partial charge is 0.337 e. The van der Waals surface area contributed by atoms with Crippen LogP contribution >= 0.6 is 15.9 Å². The van der Waals surface area contributed by atoms with Crippen LogP contribution in [-0.4, -0.2) is 16.1 Å². The van der Waals surface area contributed by atoms with Crippen molar-refractivity contribution < 1.29 is 0 Å². The summed E-state index contributed by atoms with van der Waals surface area (Å²) >= 11 is 3.60. The molecule has 3 nitrogen and oxygen atoms in total. The van der Waals surface area contributed by atoms with Gasteiger partial charge in [-0.3, -0.25) is 0 Å². The molecule has 4 heteroatoms. The molecule has 0 aliphatic rings. The highest BCUT2D eigenvalue weighted by atomic mass is 79.9. The van der Waals surface area contributed by atoms with E-state index in [2.05, 4.69) is 55.9 Å². The van der Waals surface area contributed by atoms with Crippen molar-refractivity contribution in [2.75, 3.05) is 6.54 Å². The molecule has 96 valence electrons. The summed E-state index contributed by atoms with van der Waals surface area (Å²) < 4.78 is 3.29. The van der Waals surface area contributed by atoms with E-state index in [9.17, 15) is 0 Å². The van der Waals surface area contributed by atoms with Gasteiger partial charge in [0, 0.05) is 30.0 Å². The quantitative estimate of drug-likeness (QED) is 0.831. The van der Waals surface area contributed by atoms with Crippen LogP contribution in [0.5, 0.6) is 0 Å². The number of hydrogen-bond donors (Lipinski definition) is 1. The van der Waals surface area contributed by atoms with Crippen molar-refractivity contribution in [1.29, 1.82) is 0 Å². The van der Waals surface area contributed by atoms with Gasteiger partial charge in [-0.25, -0.2) is 4.98 Å². The number of hydrogen-bond acceptors (Lipinski definition) is 2. The molecule has 1 aromatic carbocycles. The lowest BCUT2D eigenvalue weighted by Crippen LogP contribution is -2.16. The van der Waals surface area contributed by atoms with Crippen LogP contribution in [0.25, 0.3) is 0 Å². The molecule has 0 radical (unpaired) electrons. The van der Waals surface area contributed by atoms with Crippen molar-refractivity contribution in [3.8, 4) is 0 Å². The Morgan fingerprint density at radius 2 is 2.28 bits per heavy atom. The Morgan fingerprint density at radius 3 is 3.00 bits per heavy atom. The molecule has 0 atom stereocenters. The summed E-state index contributed by atoms with van der Waals surface area (Å²) in [5, 5.41) is 3.46. The third kappa shape index (κ3) is 3.96. The van der Waals surface area contributed by atoms with Gasteiger partial charge in [-0.05, 0) is 37.1 Å². The second-order valence-corrected chi connectivity index (χ2v) is 5.28. The van der Waals surface area contributed by atoms with Crippen LogP contribution in [0.3, 0.4) is 0 Å². The van der Waals surface area contributed by atoms with E-state index < -0.39 is 0 Å². The molecule has 0 spiro atoms. The SMILES string of the molecule is Cc1ccc(CNCCCn2ccnc2)c(Br)c1. The molecule has 2 rings (SSSR count). The molecule has 1 aromatic heterocycles. The Hall–Kier alpha value is -1.13. The molecular weight excluding hydrogens is 290 g/mol. The first-order chi connectivity index (χ1) is 8.75. The van der Waals surface area contributed by atoms with E-state index in [1.54, 1.807) is 0 Å². The molecule has 1 heterocycles. The van der Waals surface area contributed by atoms with Crippen LogP contribution in [0.4, 0.5) is 0 Å². The van der Waals surface area contributed by atoms with E-state index >= 15 is 0 Å². The number of aromatic nitrogens is 2. The molecule has 2 aromatic rings. The van der Waals surface area contributed by atoms with Crippen LogP contribution < -0.4 is 5.32 Å². The van der Waals surface area contributed by atoms with Gasteiger partial charge in [0.05, 0.1) is 6.33 Å². The lowest BCUT2D eigenvalue weighted by molar-refractivity contribution is 0.580. The second-order valence-electron chi connectivity index (χ2n) is 4.43. The minimum absolute atomic E-state index is 0.908. The molecular formula is C14H18BrN3. The molecule has 1 N–H and O–H groups in total. The molecule has 18 heavy (non-hydrogen) atoms. The third-order valence-electron chi connectivity index (χ3n) is 2.85. The van der Waals surface area contributed by atoms with Crippen molar-refractivity contribution in [1.82, 2.24) is 14.9 Å². The van der Waals surface area contributed by atoms with Gasteiger partial charge in [-0.1, -0.05) is 28.1 Å². The van der Waals surface area contributed by atoms with Crippen LogP contribution in [0.2, 0.25) is 0 Å². The highest BCUT2D eigenvalue weighted by Gasteiger charge is 1.99. The van der Waals surface area contributed by atoms with E-state index in [-0.39, 0.29) is 0 Å². The summed E-state index contributed by atoms with van der Waals surface area (Å²) in [6.07, 6.45) is 6.78. The zero-order valence-electron chi connectivity index (χ0n) is 10.6. The molecule has 0 aliphatic carbocycles. The second kappa shape index (κ2) is 6.71. The van der Waals surface area contributed by atoms with Crippen molar-refractivity contribution in [2.45, 2.75) is 26.4 Å². The molecule has 0 saturated heterocycles.